The molecule has 0 saturated heterocycles. The van der Waals surface area contributed by atoms with Gasteiger partial charge in [-0.25, -0.2) is 0 Å². The van der Waals surface area contributed by atoms with E-state index in [0.717, 1.165) is 11.8 Å². The van der Waals surface area contributed by atoms with Crippen LogP contribution in [0.1, 0.15) is 61.8 Å². The molecule has 13 heavy (non-hydrogen) atoms. The summed E-state index contributed by atoms with van der Waals surface area (Å²) in [7, 11) is 0. The van der Waals surface area contributed by atoms with Crippen molar-refractivity contribution in [2.75, 3.05) is 0 Å². The van der Waals surface area contributed by atoms with Crippen molar-refractivity contribution in [1.29, 1.82) is 0 Å². The van der Waals surface area contributed by atoms with Crippen molar-refractivity contribution < 1.29 is 0 Å². The Hall–Kier alpha value is 0. The normalized spacial score (nSPS) is 18.5. The van der Waals surface area contributed by atoms with Crippen LogP contribution in [-0.4, -0.2) is 0 Å². The van der Waals surface area contributed by atoms with E-state index in [4.69, 9.17) is 0 Å². The molecule has 2 atom stereocenters. The highest BCUT2D eigenvalue weighted by molar-refractivity contribution is 4.83. The lowest BCUT2D eigenvalue weighted by atomic mass is 9.64. The van der Waals surface area contributed by atoms with Gasteiger partial charge in [0.25, 0.3) is 0 Å². The second-order valence-electron chi connectivity index (χ2n) is 6.54. The predicted octanol–water partition coefficient (Wildman–Crippen LogP) is 4.74. The molecule has 0 aromatic rings. The van der Waals surface area contributed by atoms with Gasteiger partial charge >= 0.3 is 0 Å². The maximum absolute atomic E-state index is 2.40. The summed E-state index contributed by atoms with van der Waals surface area (Å²) in [5.74, 6) is 1.62. The van der Waals surface area contributed by atoms with Crippen molar-refractivity contribution in [2.24, 2.45) is 22.7 Å². The van der Waals surface area contributed by atoms with Crippen LogP contribution in [0.25, 0.3) is 0 Å². The Balaban J connectivity index is 4.61. The van der Waals surface area contributed by atoms with Gasteiger partial charge in [0.2, 0.25) is 0 Å². The molecule has 0 saturated carbocycles. The summed E-state index contributed by atoms with van der Waals surface area (Å²) in [6.07, 6.45) is 1.29. The fourth-order valence-electron chi connectivity index (χ4n) is 2.32. The molecule has 0 aromatic carbocycles. The van der Waals surface area contributed by atoms with Crippen LogP contribution in [0.3, 0.4) is 0 Å². The van der Waals surface area contributed by atoms with Crippen molar-refractivity contribution in [3.8, 4) is 0 Å². The van der Waals surface area contributed by atoms with Crippen LogP contribution in [0.4, 0.5) is 0 Å². The van der Waals surface area contributed by atoms with Gasteiger partial charge in [0.15, 0.2) is 0 Å². The molecule has 0 rings (SSSR count). The molecule has 0 nitrogen and oxygen atoms in total. The monoisotopic (exact) mass is 184 g/mol. The van der Waals surface area contributed by atoms with Crippen molar-refractivity contribution in [3.63, 3.8) is 0 Å². The van der Waals surface area contributed by atoms with E-state index in [1.165, 1.54) is 6.42 Å². The van der Waals surface area contributed by atoms with E-state index in [1.807, 2.05) is 0 Å². The first-order chi connectivity index (χ1) is 5.60. The number of hydrogen-bond acceptors (Lipinski definition) is 0. The van der Waals surface area contributed by atoms with E-state index >= 15 is 0 Å². The summed E-state index contributed by atoms with van der Waals surface area (Å²) in [5, 5.41) is 0. The van der Waals surface area contributed by atoms with Gasteiger partial charge in [0, 0.05) is 0 Å². The zero-order valence-electron chi connectivity index (χ0n) is 10.9. The quantitative estimate of drug-likeness (QED) is 0.581. The van der Waals surface area contributed by atoms with Gasteiger partial charge in [-0.2, -0.15) is 0 Å². The fourth-order valence-corrected chi connectivity index (χ4v) is 2.32. The molecule has 0 aromatic heterocycles. The van der Waals surface area contributed by atoms with Gasteiger partial charge < -0.3 is 0 Å². The Bertz CT molecular complexity index is 142. The summed E-state index contributed by atoms with van der Waals surface area (Å²) in [4.78, 5) is 0. The zero-order valence-corrected chi connectivity index (χ0v) is 10.9. The Labute approximate surface area is 85.1 Å². The molecule has 0 aliphatic heterocycles. The molecule has 0 heterocycles. The first-order valence-corrected chi connectivity index (χ1v) is 5.60. The molecule has 0 spiro atoms. The molecule has 0 heteroatoms. The first kappa shape index (κ1) is 13.0. The minimum Gasteiger partial charge on any atom is -0.0651 e. The van der Waals surface area contributed by atoms with Crippen LogP contribution in [0.5, 0.6) is 0 Å². The van der Waals surface area contributed by atoms with E-state index in [1.54, 1.807) is 0 Å². The van der Waals surface area contributed by atoms with Crippen molar-refractivity contribution in [1.82, 2.24) is 0 Å². The van der Waals surface area contributed by atoms with Gasteiger partial charge in [-0.3, -0.25) is 0 Å². The third kappa shape index (κ3) is 3.70. The lowest BCUT2D eigenvalue weighted by Crippen LogP contribution is -2.33. The van der Waals surface area contributed by atoms with Crippen LogP contribution in [0.15, 0.2) is 0 Å². The van der Waals surface area contributed by atoms with Gasteiger partial charge in [-0.15, -0.1) is 0 Å². The van der Waals surface area contributed by atoms with Gasteiger partial charge in [0.1, 0.15) is 0 Å². The Morgan fingerprint density at radius 3 is 1.31 bits per heavy atom. The van der Waals surface area contributed by atoms with Crippen molar-refractivity contribution in [2.45, 2.75) is 61.8 Å². The molecule has 2 unspecified atom stereocenters. The minimum atomic E-state index is 0.438. The minimum absolute atomic E-state index is 0.438. The van der Waals surface area contributed by atoms with Crippen LogP contribution in [0, 0.1) is 22.7 Å². The standard InChI is InChI=1S/C13H28/c1-9-11(13(6,7)8)10(2)12(3,4)5/h10-11H,9H2,1-8H3. The van der Waals surface area contributed by atoms with Gasteiger partial charge in [-0.1, -0.05) is 61.8 Å². The van der Waals surface area contributed by atoms with Gasteiger partial charge in [-0.05, 0) is 22.7 Å². The summed E-state index contributed by atoms with van der Waals surface area (Å²) in [6, 6.07) is 0. The zero-order chi connectivity index (χ0) is 10.9. The second-order valence-corrected chi connectivity index (χ2v) is 6.54. The summed E-state index contributed by atoms with van der Waals surface area (Å²) >= 11 is 0. The van der Waals surface area contributed by atoms with Crippen LogP contribution in [0.2, 0.25) is 0 Å². The molecular formula is C13H28. The molecule has 0 bridgehead atoms. The third-order valence-electron chi connectivity index (χ3n) is 3.52. The summed E-state index contributed by atoms with van der Waals surface area (Å²) in [6.45, 7) is 18.9. The molecule has 0 aliphatic rings. The van der Waals surface area contributed by atoms with Crippen LogP contribution < -0.4 is 0 Å². The van der Waals surface area contributed by atoms with Crippen molar-refractivity contribution >= 4 is 0 Å². The lowest BCUT2D eigenvalue weighted by Gasteiger charge is -2.41. The third-order valence-corrected chi connectivity index (χ3v) is 3.52. The molecular weight excluding hydrogens is 156 g/mol. The number of hydrogen-bond donors (Lipinski definition) is 0. The maximum Gasteiger partial charge on any atom is -0.0337 e. The highest BCUT2D eigenvalue weighted by atomic mass is 14.4. The summed E-state index contributed by atoms with van der Waals surface area (Å²) in [5.41, 5.74) is 0.884. The highest BCUT2D eigenvalue weighted by Gasteiger charge is 2.34. The second kappa shape index (κ2) is 4.02. The molecule has 80 valence electrons. The van der Waals surface area contributed by atoms with Crippen molar-refractivity contribution in [3.05, 3.63) is 0 Å². The van der Waals surface area contributed by atoms with Crippen LogP contribution in [-0.2, 0) is 0 Å². The van der Waals surface area contributed by atoms with E-state index in [9.17, 15) is 0 Å². The molecule has 0 fully saturated rings. The number of rotatable bonds is 2. The maximum atomic E-state index is 2.40. The highest BCUT2D eigenvalue weighted by Crippen LogP contribution is 2.42. The summed E-state index contributed by atoms with van der Waals surface area (Å²) < 4.78 is 0. The van der Waals surface area contributed by atoms with Gasteiger partial charge in [0.05, 0.1) is 0 Å². The predicted molar refractivity (Wildman–Crippen MR) is 61.9 cm³/mol. The molecule has 0 N–H and O–H groups in total. The Morgan fingerprint density at radius 2 is 1.23 bits per heavy atom. The van der Waals surface area contributed by atoms with E-state index in [-0.39, 0.29) is 0 Å². The van der Waals surface area contributed by atoms with E-state index in [0.29, 0.717) is 10.8 Å². The Morgan fingerprint density at radius 1 is 0.846 bits per heavy atom. The molecule has 0 amide bonds. The SMILES string of the molecule is CCC(C(C)C(C)(C)C)C(C)(C)C. The van der Waals surface area contributed by atoms with E-state index < -0.39 is 0 Å². The largest absolute Gasteiger partial charge is 0.0651 e. The average Bonchev–Trinajstić information content (AvgIpc) is 1.83. The topological polar surface area (TPSA) is 0 Å². The Kier molecular flexibility index (Phi) is 4.02. The molecule has 0 aliphatic carbocycles. The molecule has 0 radical (unpaired) electrons. The average molecular weight is 184 g/mol. The lowest BCUT2D eigenvalue weighted by molar-refractivity contribution is 0.0814. The smallest absolute Gasteiger partial charge is 0.0337 e. The van der Waals surface area contributed by atoms with E-state index in [2.05, 4.69) is 55.4 Å². The van der Waals surface area contributed by atoms with Crippen LogP contribution >= 0.6 is 0 Å². The fraction of sp³-hybridized carbons (Fsp3) is 1.00. The first-order valence-electron chi connectivity index (χ1n) is 5.60.